The fraction of sp³-hybridized carbons (Fsp3) is 0.222. The molecule has 0 fully saturated rings. The first-order valence-electron chi connectivity index (χ1n) is 7.80. The van der Waals surface area contributed by atoms with Gasteiger partial charge in [-0.2, -0.15) is 0 Å². The maximum absolute atomic E-state index is 12.5. The third-order valence-corrected chi connectivity index (χ3v) is 5.31. The lowest BCUT2D eigenvalue weighted by molar-refractivity contribution is 0.0618. The number of nitrogens with one attached hydrogen (secondary N) is 1. The SMILES string of the molecule is CC1(C)CC(=O)c2cc(NS(=O)(=O)c3ccc(C(=O)O)cc3)ccc2O1. The zero-order valence-electron chi connectivity index (χ0n) is 14.1. The van der Waals surface area contributed by atoms with Gasteiger partial charge in [-0.05, 0) is 56.3 Å². The van der Waals surface area contributed by atoms with Crippen LogP contribution in [0.15, 0.2) is 47.4 Å². The minimum Gasteiger partial charge on any atom is -0.487 e. The van der Waals surface area contributed by atoms with Gasteiger partial charge in [0, 0.05) is 5.69 Å². The molecule has 2 N–H and O–H groups in total. The largest absolute Gasteiger partial charge is 0.487 e. The van der Waals surface area contributed by atoms with E-state index in [0.29, 0.717) is 11.3 Å². The lowest BCUT2D eigenvalue weighted by Crippen LogP contribution is -2.35. The lowest BCUT2D eigenvalue weighted by Gasteiger charge is -2.31. The van der Waals surface area contributed by atoms with E-state index in [4.69, 9.17) is 9.84 Å². The average molecular weight is 375 g/mol. The number of ether oxygens (including phenoxy) is 1. The third kappa shape index (κ3) is 3.55. The molecule has 0 unspecified atom stereocenters. The first-order chi connectivity index (χ1) is 12.1. The van der Waals surface area contributed by atoms with Gasteiger partial charge in [-0.1, -0.05) is 0 Å². The number of carboxylic acids is 1. The molecule has 0 atom stereocenters. The van der Waals surface area contributed by atoms with Crippen molar-refractivity contribution in [3.63, 3.8) is 0 Å². The van der Waals surface area contributed by atoms with Crippen molar-refractivity contribution in [3.05, 3.63) is 53.6 Å². The van der Waals surface area contributed by atoms with Crippen molar-refractivity contribution in [2.24, 2.45) is 0 Å². The summed E-state index contributed by atoms with van der Waals surface area (Å²) in [4.78, 5) is 23.1. The van der Waals surface area contributed by atoms with Crippen LogP contribution in [0.4, 0.5) is 5.69 Å². The minimum atomic E-state index is -3.92. The summed E-state index contributed by atoms with van der Waals surface area (Å²) < 4.78 is 33.1. The molecule has 0 radical (unpaired) electrons. The highest BCUT2D eigenvalue weighted by molar-refractivity contribution is 7.92. The molecule has 0 aromatic heterocycles. The average Bonchev–Trinajstić information content (AvgIpc) is 2.54. The van der Waals surface area contributed by atoms with Gasteiger partial charge >= 0.3 is 5.97 Å². The fourth-order valence-corrected chi connectivity index (χ4v) is 3.76. The Morgan fingerprint density at radius 3 is 2.42 bits per heavy atom. The summed E-state index contributed by atoms with van der Waals surface area (Å²) in [5, 5.41) is 8.88. The molecule has 0 saturated carbocycles. The third-order valence-electron chi connectivity index (χ3n) is 3.92. The van der Waals surface area contributed by atoms with Crippen LogP contribution in [-0.2, 0) is 10.0 Å². The van der Waals surface area contributed by atoms with Gasteiger partial charge in [0.25, 0.3) is 10.0 Å². The highest BCUT2D eigenvalue weighted by Crippen LogP contribution is 2.35. The van der Waals surface area contributed by atoms with Crippen molar-refractivity contribution in [2.45, 2.75) is 30.8 Å². The molecule has 3 rings (SSSR count). The standard InChI is InChI=1S/C18H17NO6S/c1-18(2)10-15(20)14-9-12(5-8-16(14)25-18)19-26(23,24)13-6-3-11(4-7-13)17(21)22/h3-9,19H,10H2,1-2H3,(H,21,22). The second-order valence-corrected chi connectivity index (χ2v) is 8.29. The number of carboxylic acid groups (broad SMARTS) is 1. The van der Waals surface area contributed by atoms with Crippen LogP contribution in [0.5, 0.6) is 5.75 Å². The topological polar surface area (TPSA) is 110 Å². The molecule has 1 aliphatic heterocycles. The van der Waals surface area contributed by atoms with E-state index in [2.05, 4.69) is 4.72 Å². The molecule has 0 saturated heterocycles. The molecule has 0 aliphatic carbocycles. The number of ketones is 1. The Balaban J connectivity index is 1.88. The summed E-state index contributed by atoms with van der Waals surface area (Å²) in [6, 6.07) is 9.35. The molecule has 2 aromatic rings. The maximum Gasteiger partial charge on any atom is 0.335 e. The van der Waals surface area contributed by atoms with Gasteiger partial charge in [0.05, 0.1) is 22.4 Å². The minimum absolute atomic E-state index is 0.0110. The van der Waals surface area contributed by atoms with Gasteiger partial charge in [0.2, 0.25) is 0 Å². The zero-order valence-corrected chi connectivity index (χ0v) is 15.0. The Bertz CT molecular complexity index is 993. The number of benzene rings is 2. The monoisotopic (exact) mass is 375 g/mol. The van der Waals surface area contributed by atoms with Crippen molar-refractivity contribution in [2.75, 3.05) is 4.72 Å². The number of hydrogen-bond donors (Lipinski definition) is 2. The van der Waals surface area contributed by atoms with Crippen LogP contribution < -0.4 is 9.46 Å². The number of hydrogen-bond acceptors (Lipinski definition) is 5. The normalized spacial score (nSPS) is 15.7. The number of carbonyl (C=O) groups excluding carboxylic acids is 1. The number of anilines is 1. The molecule has 0 spiro atoms. The van der Waals surface area contributed by atoms with Crippen LogP contribution in [0.3, 0.4) is 0 Å². The maximum atomic E-state index is 12.5. The molecule has 8 heteroatoms. The first kappa shape index (κ1) is 17.9. The van der Waals surface area contributed by atoms with Gasteiger partial charge in [0.1, 0.15) is 11.4 Å². The summed E-state index contributed by atoms with van der Waals surface area (Å²) in [5.74, 6) is -0.846. The van der Waals surface area contributed by atoms with Gasteiger partial charge in [-0.15, -0.1) is 0 Å². The van der Waals surface area contributed by atoms with Crippen LogP contribution >= 0.6 is 0 Å². The van der Waals surface area contributed by atoms with E-state index in [0.717, 1.165) is 0 Å². The van der Waals surface area contributed by atoms with Gasteiger partial charge < -0.3 is 9.84 Å². The van der Waals surface area contributed by atoms with Gasteiger partial charge in [0.15, 0.2) is 5.78 Å². The predicted molar refractivity (Wildman–Crippen MR) is 94.3 cm³/mol. The number of Topliss-reactive ketones (excluding diaryl/α,β-unsaturated/α-hetero) is 1. The van der Waals surface area contributed by atoms with Crippen molar-refractivity contribution in [1.29, 1.82) is 0 Å². The molecule has 136 valence electrons. The Labute approximate surface area is 150 Å². The first-order valence-corrected chi connectivity index (χ1v) is 9.28. The molecule has 7 nitrogen and oxygen atoms in total. The smallest absolute Gasteiger partial charge is 0.335 e. The van der Waals surface area contributed by atoms with Crippen molar-refractivity contribution in [3.8, 4) is 5.75 Å². The van der Waals surface area contributed by atoms with Crippen molar-refractivity contribution >= 4 is 27.5 Å². The number of rotatable bonds is 4. The van der Waals surface area contributed by atoms with E-state index in [-0.39, 0.29) is 28.4 Å². The van der Waals surface area contributed by atoms with Crippen LogP contribution in [-0.4, -0.2) is 30.9 Å². The van der Waals surface area contributed by atoms with Crippen LogP contribution in [0, 0.1) is 0 Å². The van der Waals surface area contributed by atoms with E-state index in [9.17, 15) is 18.0 Å². The van der Waals surface area contributed by atoms with E-state index in [1.165, 1.54) is 36.4 Å². The van der Waals surface area contributed by atoms with Gasteiger partial charge in [-0.25, -0.2) is 13.2 Å². The van der Waals surface area contributed by atoms with E-state index in [1.807, 2.05) is 13.8 Å². The fourth-order valence-electron chi connectivity index (χ4n) is 2.71. The highest BCUT2D eigenvalue weighted by atomic mass is 32.2. The van der Waals surface area contributed by atoms with E-state index in [1.54, 1.807) is 6.07 Å². The molecule has 26 heavy (non-hydrogen) atoms. The molecule has 1 heterocycles. The van der Waals surface area contributed by atoms with E-state index >= 15 is 0 Å². The second-order valence-electron chi connectivity index (χ2n) is 6.61. The van der Waals surface area contributed by atoms with Gasteiger partial charge in [-0.3, -0.25) is 9.52 Å². The van der Waals surface area contributed by atoms with E-state index < -0.39 is 21.6 Å². The summed E-state index contributed by atoms with van der Waals surface area (Å²) in [6.07, 6.45) is 0.201. The van der Waals surface area contributed by atoms with Crippen LogP contribution in [0.25, 0.3) is 0 Å². The number of sulfonamides is 1. The Kier molecular flexibility index (Phi) is 4.23. The Morgan fingerprint density at radius 2 is 1.81 bits per heavy atom. The molecule has 2 aromatic carbocycles. The number of aromatic carboxylic acids is 1. The Hall–Kier alpha value is -2.87. The molecular weight excluding hydrogens is 358 g/mol. The summed E-state index contributed by atoms with van der Waals surface area (Å²) in [6.45, 7) is 3.62. The summed E-state index contributed by atoms with van der Waals surface area (Å²) in [5.41, 5.74) is -0.0617. The second kappa shape index (κ2) is 6.14. The van der Waals surface area contributed by atoms with Crippen LogP contribution in [0.2, 0.25) is 0 Å². The Morgan fingerprint density at radius 1 is 1.15 bits per heavy atom. The lowest BCUT2D eigenvalue weighted by atomic mass is 9.93. The zero-order chi connectivity index (χ0) is 19.1. The summed E-state index contributed by atoms with van der Waals surface area (Å²) in [7, 11) is -3.92. The predicted octanol–water partition coefficient (Wildman–Crippen LogP) is 2.93. The quantitative estimate of drug-likeness (QED) is 0.850. The summed E-state index contributed by atoms with van der Waals surface area (Å²) >= 11 is 0. The molecule has 0 amide bonds. The molecule has 0 bridgehead atoms. The molecule has 1 aliphatic rings. The van der Waals surface area contributed by atoms with Crippen molar-refractivity contribution < 1.29 is 27.9 Å². The molecular formula is C18H17NO6S. The van der Waals surface area contributed by atoms with Crippen molar-refractivity contribution in [1.82, 2.24) is 0 Å². The number of fused-ring (bicyclic) bond motifs is 1. The number of carbonyl (C=O) groups is 2. The van der Waals surface area contributed by atoms with Crippen LogP contribution in [0.1, 0.15) is 41.0 Å². The highest BCUT2D eigenvalue weighted by Gasteiger charge is 2.32.